The number of rotatable bonds is 7. The van der Waals surface area contributed by atoms with Crippen molar-refractivity contribution in [1.82, 2.24) is 0 Å². The molecule has 0 unspecified atom stereocenters. The highest BCUT2D eigenvalue weighted by molar-refractivity contribution is 6.28. The third-order valence-corrected chi connectivity index (χ3v) is 17.9. The normalized spacial score (nSPS) is 12.5. The third kappa shape index (κ3) is 6.06. The third-order valence-electron chi connectivity index (χ3n) is 17.9. The smallest absolute Gasteiger partial charge is 0.0540 e. The summed E-state index contributed by atoms with van der Waals surface area (Å²) in [6.45, 7) is 0. The Morgan fingerprint density at radius 1 is 0.203 bits per heavy atom. The van der Waals surface area contributed by atoms with Gasteiger partial charge in [0.1, 0.15) is 0 Å². The number of fused-ring (bicyclic) bond motifs is 5. The SMILES string of the molecule is c1ccc2c(c1)Cc1ccc(N(c3ccc(-c4ccc(N(c5ccc6c7c(cccc57)-c5ccccc5-6)c5ccc6ccc7cccc8ccc5c6c78)cc4)cc3)c3ccc4ccc5cccc6ccc3c4c56)c3cccc-2c13. The van der Waals surface area contributed by atoms with Gasteiger partial charge >= 0.3 is 0 Å². The maximum atomic E-state index is 2.52. The Morgan fingerprint density at radius 3 is 1.10 bits per heavy atom. The second-order valence-electron chi connectivity index (χ2n) is 21.9. The average molecular weight is 999 g/mol. The number of hydrogen-bond donors (Lipinski definition) is 0. The van der Waals surface area contributed by atoms with Gasteiger partial charge < -0.3 is 9.80 Å². The van der Waals surface area contributed by atoms with E-state index in [1.165, 1.54) is 142 Å². The molecule has 2 heteroatoms. The Kier molecular flexibility index (Phi) is 8.76. The van der Waals surface area contributed by atoms with Crippen molar-refractivity contribution in [3.63, 3.8) is 0 Å². The minimum atomic E-state index is 0.922. The number of anilines is 6. The van der Waals surface area contributed by atoms with Crippen molar-refractivity contribution < 1.29 is 0 Å². The van der Waals surface area contributed by atoms with Gasteiger partial charge in [0.15, 0.2) is 0 Å². The Hall–Kier alpha value is -10.3. The van der Waals surface area contributed by atoms with Gasteiger partial charge in [-0.1, -0.05) is 218 Å². The van der Waals surface area contributed by atoms with Gasteiger partial charge in [-0.3, -0.25) is 0 Å². The first-order valence-electron chi connectivity index (χ1n) is 27.6. The summed E-state index contributed by atoms with van der Waals surface area (Å²) >= 11 is 0. The van der Waals surface area contributed by atoms with E-state index in [0.29, 0.717) is 0 Å². The van der Waals surface area contributed by atoms with Crippen LogP contribution in [0.15, 0.2) is 267 Å². The van der Waals surface area contributed by atoms with E-state index in [2.05, 4.69) is 277 Å². The van der Waals surface area contributed by atoms with E-state index in [0.717, 1.165) is 40.3 Å². The second kappa shape index (κ2) is 16.1. The summed E-state index contributed by atoms with van der Waals surface area (Å²) in [6.07, 6.45) is 0.922. The zero-order valence-electron chi connectivity index (χ0n) is 43.0. The molecule has 2 aliphatic rings. The Morgan fingerprint density at radius 2 is 0.570 bits per heavy atom. The van der Waals surface area contributed by atoms with Crippen LogP contribution in [-0.2, 0) is 6.42 Å². The van der Waals surface area contributed by atoms with Crippen molar-refractivity contribution in [2.75, 3.05) is 9.80 Å². The summed E-state index contributed by atoms with van der Waals surface area (Å²) in [6, 6.07) is 101. The van der Waals surface area contributed by atoms with E-state index in [-0.39, 0.29) is 0 Å². The Labute approximate surface area is 456 Å². The van der Waals surface area contributed by atoms with Crippen LogP contribution in [0.3, 0.4) is 0 Å². The lowest BCUT2D eigenvalue weighted by Gasteiger charge is -2.31. The van der Waals surface area contributed by atoms with Gasteiger partial charge in [-0.15, -0.1) is 0 Å². The first-order valence-corrected chi connectivity index (χ1v) is 27.6. The largest absolute Gasteiger partial charge is 0.309 e. The molecule has 2 aliphatic carbocycles. The van der Waals surface area contributed by atoms with Gasteiger partial charge in [0, 0.05) is 32.9 Å². The molecule has 16 aromatic rings. The molecule has 0 saturated carbocycles. The van der Waals surface area contributed by atoms with E-state index >= 15 is 0 Å². The standard InChI is InChI=1S/C77H46N2/c1-2-14-58-54(9-1)45-55-33-43-68(64-19-7-17-61(58)74(55)64)78(69-41-31-52-23-21-48-10-5-12-50-29-38-66(69)75(52)72(48)50)56-34-25-46(26-35-56)47-27-36-57(37-28-47)79(70-42-32-53-24-22-49-11-6-13-51-30-39-67(70)76(53)73(49)51)71-44-40-63-60-16-4-3-15-59(60)62-18-8-20-65(71)77(62)63/h1-44H,45H2. The zero-order valence-corrected chi connectivity index (χ0v) is 43.0. The molecule has 16 aromatic carbocycles. The van der Waals surface area contributed by atoms with Crippen LogP contribution in [0.1, 0.15) is 11.1 Å². The number of nitrogens with zero attached hydrogens (tertiary/aromatic N) is 2. The Bertz CT molecular complexity index is 5160. The molecular formula is C77H46N2. The molecule has 0 bridgehead atoms. The molecule has 79 heavy (non-hydrogen) atoms. The first-order chi connectivity index (χ1) is 39.2. The molecule has 0 N–H and O–H groups in total. The van der Waals surface area contributed by atoms with Crippen molar-refractivity contribution in [3.8, 4) is 44.5 Å². The summed E-state index contributed by atoms with van der Waals surface area (Å²) < 4.78 is 0. The molecule has 0 amide bonds. The molecular weight excluding hydrogens is 953 g/mol. The van der Waals surface area contributed by atoms with E-state index in [4.69, 9.17) is 0 Å². The second-order valence-corrected chi connectivity index (χ2v) is 21.9. The highest BCUT2D eigenvalue weighted by Gasteiger charge is 2.28. The van der Waals surface area contributed by atoms with E-state index < -0.39 is 0 Å². The van der Waals surface area contributed by atoms with Crippen LogP contribution in [0.4, 0.5) is 34.1 Å². The van der Waals surface area contributed by atoms with Gasteiger partial charge in [-0.2, -0.15) is 0 Å². The summed E-state index contributed by atoms with van der Waals surface area (Å²) in [7, 11) is 0. The monoisotopic (exact) mass is 998 g/mol. The number of hydrogen-bond acceptors (Lipinski definition) is 2. The van der Waals surface area contributed by atoms with Crippen LogP contribution in [0, 0.1) is 0 Å². The van der Waals surface area contributed by atoms with Gasteiger partial charge in [-0.05, 0) is 175 Å². The lowest BCUT2D eigenvalue weighted by molar-refractivity contribution is 1.19. The van der Waals surface area contributed by atoms with Crippen LogP contribution >= 0.6 is 0 Å². The molecule has 0 spiro atoms. The maximum absolute atomic E-state index is 2.52. The lowest BCUT2D eigenvalue weighted by Crippen LogP contribution is -2.12. The Balaban J connectivity index is 0.795. The highest BCUT2D eigenvalue weighted by Crippen LogP contribution is 2.54. The summed E-state index contributed by atoms with van der Waals surface area (Å²) in [5.74, 6) is 0. The molecule has 0 radical (unpaired) electrons. The fourth-order valence-corrected chi connectivity index (χ4v) is 14.4. The van der Waals surface area contributed by atoms with Crippen molar-refractivity contribution >= 4 is 120 Å². The first kappa shape index (κ1) is 42.9. The predicted octanol–water partition coefficient (Wildman–Crippen LogP) is 21.6. The molecule has 0 fully saturated rings. The summed E-state index contributed by atoms with van der Waals surface area (Å²) in [5.41, 5.74) is 19.8. The molecule has 0 saturated heterocycles. The van der Waals surface area contributed by atoms with Crippen LogP contribution in [0.2, 0.25) is 0 Å². The molecule has 2 nitrogen and oxygen atoms in total. The minimum Gasteiger partial charge on any atom is -0.309 e. The summed E-state index contributed by atoms with van der Waals surface area (Å²) in [4.78, 5) is 5.03. The summed E-state index contributed by atoms with van der Waals surface area (Å²) in [5, 5.41) is 20.5. The average Bonchev–Trinajstić information content (AvgIpc) is 4.06. The van der Waals surface area contributed by atoms with Gasteiger partial charge in [0.2, 0.25) is 0 Å². The molecule has 18 rings (SSSR count). The molecule has 0 heterocycles. The van der Waals surface area contributed by atoms with Crippen molar-refractivity contribution in [1.29, 1.82) is 0 Å². The van der Waals surface area contributed by atoms with Gasteiger partial charge in [0.25, 0.3) is 0 Å². The zero-order chi connectivity index (χ0) is 51.4. The van der Waals surface area contributed by atoms with Crippen LogP contribution in [0.25, 0.3) is 131 Å². The molecule has 0 atom stereocenters. The van der Waals surface area contributed by atoms with E-state index in [1.54, 1.807) is 0 Å². The molecule has 0 aromatic heterocycles. The van der Waals surface area contributed by atoms with Crippen LogP contribution in [0.5, 0.6) is 0 Å². The predicted molar refractivity (Wildman–Crippen MR) is 336 cm³/mol. The van der Waals surface area contributed by atoms with E-state index in [1.807, 2.05) is 0 Å². The van der Waals surface area contributed by atoms with Crippen molar-refractivity contribution in [2.45, 2.75) is 6.42 Å². The fraction of sp³-hybridized carbons (Fsp3) is 0.0130. The van der Waals surface area contributed by atoms with Crippen LogP contribution < -0.4 is 9.80 Å². The lowest BCUT2D eigenvalue weighted by atomic mass is 9.83. The quantitative estimate of drug-likeness (QED) is 0.147. The number of benzene rings is 16. The van der Waals surface area contributed by atoms with Gasteiger partial charge in [0.05, 0.1) is 22.7 Å². The van der Waals surface area contributed by atoms with Crippen molar-refractivity contribution in [2.24, 2.45) is 0 Å². The van der Waals surface area contributed by atoms with Crippen molar-refractivity contribution in [3.05, 3.63) is 278 Å². The van der Waals surface area contributed by atoms with Crippen LogP contribution in [-0.4, -0.2) is 0 Å². The molecule has 364 valence electrons. The fourth-order valence-electron chi connectivity index (χ4n) is 14.4. The topological polar surface area (TPSA) is 6.48 Å². The molecule has 0 aliphatic heterocycles. The van der Waals surface area contributed by atoms with Gasteiger partial charge in [-0.25, -0.2) is 0 Å². The highest BCUT2D eigenvalue weighted by atomic mass is 15.2. The van der Waals surface area contributed by atoms with E-state index in [9.17, 15) is 0 Å². The minimum absolute atomic E-state index is 0.922. The maximum Gasteiger partial charge on any atom is 0.0540 e.